The van der Waals surface area contributed by atoms with Crippen LogP contribution >= 0.6 is 0 Å². The van der Waals surface area contributed by atoms with Gasteiger partial charge in [0.2, 0.25) is 0 Å². The first kappa shape index (κ1) is 10.2. The van der Waals surface area contributed by atoms with Gasteiger partial charge in [-0.25, -0.2) is 0 Å². The maximum Gasteiger partial charge on any atom is 0.292 e. The summed E-state index contributed by atoms with van der Waals surface area (Å²) in [6, 6.07) is 8.59. The van der Waals surface area contributed by atoms with Crippen LogP contribution in [0.25, 0.3) is 0 Å². The molecular formula is C8H10O4S. The lowest BCUT2D eigenvalue weighted by atomic mass is 10.2. The number of hydrogen-bond acceptors (Lipinski definition) is 3. The minimum atomic E-state index is -4.35. The van der Waals surface area contributed by atoms with Crippen LogP contribution in [-0.4, -0.2) is 23.5 Å². The summed E-state index contributed by atoms with van der Waals surface area (Å²) in [7, 11) is -4.35. The first-order valence-corrected chi connectivity index (χ1v) is 5.19. The number of benzene rings is 1. The fraction of sp³-hybridized carbons (Fsp3) is 0.250. The molecule has 0 aliphatic carbocycles. The number of aliphatic hydroxyl groups excluding tert-OH is 1. The Hall–Kier alpha value is -0.910. The standard InChI is InChI=1S/C8H10O4S/c9-8(13(10,11)12)6-7-4-2-1-3-5-7/h1-5,8-9H,6H2,(H,10,11,12). The Morgan fingerprint density at radius 3 is 2.23 bits per heavy atom. The zero-order chi connectivity index (χ0) is 9.90. The quantitative estimate of drug-likeness (QED) is 0.697. The smallest absolute Gasteiger partial charge is 0.292 e. The second-order valence-electron chi connectivity index (χ2n) is 2.66. The van der Waals surface area contributed by atoms with Gasteiger partial charge < -0.3 is 5.11 Å². The first-order valence-electron chi connectivity index (χ1n) is 3.68. The molecule has 0 aliphatic rings. The molecular weight excluding hydrogens is 192 g/mol. The summed E-state index contributed by atoms with van der Waals surface area (Å²) in [6.45, 7) is 0. The lowest BCUT2D eigenvalue weighted by Crippen LogP contribution is -2.22. The summed E-state index contributed by atoms with van der Waals surface area (Å²) < 4.78 is 29.4. The van der Waals surface area contributed by atoms with E-state index in [4.69, 9.17) is 9.66 Å². The van der Waals surface area contributed by atoms with Gasteiger partial charge in [0.15, 0.2) is 5.44 Å². The third kappa shape index (κ3) is 3.14. The molecule has 13 heavy (non-hydrogen) atoms. The van der Waals surface area contributed by atoms with Crippen molar-refractivity contribution in [1.82, 2.24) is 0 Å². The second kappa shape index (κ2) is 3.87. The molecule has 2 N–H and O–H groups in total. The molecule has 0 aromatic heterocycles. The topological polar surface area (TPSA) is 74.6 Å². The van der Waals surface area contributed by atoms with E-state index in [2.05, 4.69) is 0 Å². The third-order valence-electron chi connectivity index (χ3n) is 1.60. The summed E-state index contributed by atoms with van der Waals surface area (Å²) in [4.78, 5) is 0. The molecule has 1 atom stereocenters. The zero-order valence-corrected chi connectivity index (χ0v) is 7.61. The molecule has 0 radical (unpaired) electrons. The van der Waals surface area contributed by atoms with Crippen LogP contribution in [0, 0.1) is 0 Å². The van der Waals surface area contributed by atoms with Gasteiger partial charge >= 0.3 is 0 Å². The van der Waals surface area contributed by atoms with Gasteiger partial charge in [-0.2, -0.15) is 8.42 Å². The maximum absolute atomic E-state index is 10.4. The van der Waals surface area contributed by atoms with Crippen LogP contribution < -0.4 is 0 Å². The molecule has 0 amide bonds. The predicted molar refractivity (Wildman–Crippen MR) is 47.7 cm³/mol. The average Bonchev–Trinajstić information content (AvgIpc) is 2.04. The summed E-state index contributed by atoms with van der Waals surface area (Å²) in [5.41, 5.74) is -1.08. The predicted octanol–water partition coefficient (Wildman–Crippen LogP) is 0.435. The van der Waals surface area contributed by atoms with Crippen LogP contribution in [0.3, 0.4) is 0 Å². The molecule has 0 saturated heterocycles. The molecule has 1 aromatic carbocycles. The third-order valence-corrected chi connectivity index (χ3v) is 2.45. The van der Waals surface area contributed by atoms with E-state index in [0.717, 1.165) is 0 Å². The molecule has 4 nitrogen and oxygen atoms in total. The van der Waals surface area contributed by atoms with E-state index in [0.29, 0.717) is 5.56 Å². The minimum Gasteiger partial charge on any atom is -0.375 e. The molecule has 0 saturated carbocycles. The van der Waals surface area contributed by atoms with Gasteiger partial charge in [0.25, 0.3) is 10.1 Å². The summed E-state index contributed by atoms with van der Waals surface area (Å²) in [5, 5.41) is 9.00. The van der Waals surface area contributed by atoms with E-state index >= 15 is 0 Å². The molecule has 1 unspecified atom stereocenters. The van der Waals surface area contributed by atoms with Crippen LogP contribution in [0.2, 0.25) is 0 Å². The Morgan fingerprint density at radius 1 is 1.23 bits per heavy atom. The minimum absolute atomic E-state index is 0.0975. The van der Waals surface area contributed by atoms with Crippen molar-refractivity contribution in [1.29, 1.82) is 0 Å². The Labute approximate surface area is 76.6 Å². The van der Waals surface area contributed by atoms with Crippen molar-refractivity contribution >= 4 is 10.1 Å². The van der Waals surface area contributed by atoms with Crippen molar-refractivity contribution in [3.8, 4) is 0 Å². The normalized spacial score (nSPS) is 14.0. The molecule has 1 aromatic rings. The first-order chi connectivity index (χ1) is 6.00. The summed E-state index contributed by atoms with van der Waals surface area (Å²) in [6.07, 6.45) is -0.0975. The number of hydrogen-bond donors (Lipinski definition) is 2. The highest BCUT2D eigenvalue weighted by molar-refractivity contribution is 7.86. The van der Waals surface area contributed by atoms with Crippen LogP contribution in [0.5, 0.6) is 0 Å². The van der Waals surface area contributed by atoms with Gasteiger partial charge in [0.05, 0.1) is 0 Å². The van der Waals surface area contributed by atoms with Crippen LogP contribution in [0.4, 0.5) is 0 Å². The summed E-state index contributed by atoms with van der Waals surface area (Å²) in [5.74, 6) is 0. The van der Waals surface area contributed by atoms with Gasteiger partial charge in [0.1, 0.15) is 0 Å². The van der Waals surface area contributed by atoms with Gasteiger partial charge in [0, 0.05) is 6.42 Å². The van der Waals surface area contributed by atoms with E-state index < -0.39 is 15.6 Å². The molecule has 0 spiro atoms. The monoisotopic (exact) mass is 202 g/mol. The second-order valence-corrected chi connectivity index (χ2v) is 4.23. The van der Waals surface area contributed by atoms with Crippen molar-refractivity contribution < 1.29 is 18.1 Å². The molecule has 1 rings (SSSR count). The maximum atomic E-state index is 10.4. The van der Waals surface area contributed by atoms with E-state index in [9.17, 15) is 8.42 Å². The lowest BCUT2D eigenvalue weighted by molar-refractivity contribution is 0.234. The van der Waals surface area contributed by atoms with E-state index in [1.54, 1.807) is 30.3 Å². The van der Waals surface area contributed by atoms with Crippen LogP contribution in [0.15, 0.2) is 30.3 Å². The van der Waals surface area contributed by atoms with E-state index in [1.807, 2.05) is 0 Å². The van der Waals surface area contributed by atoms with Gasteiger partial charge in [-0.1, -0.05) is 30.3 Å². The average molecular weight is 202 g/mol. The van der Waals surface area contributed by atoms with Crippen molar-refractivity contribution in [2.75, 3.05) is 0 Å². The van der Waals surface area contributed by atoms with Gasteiger partial charge in [-0.05, 0) is 5.56 Å². The van der Waals surface area contributed by atoms with Crippen LogP contribution in [-0.2, 0) is 16.5 Å². The van der Waals surface area contributed by atoms with Crippen molar-refractivity contribution in [2.24, 2.45) is 0 Å². The highest BCUT2D eigenvalue weighted by Gasteiger charge is 2.19. The highest BCUT2D eigenvalue weighted by atomic mass is 32.2. The summed E-state index contributed by atoms with van der Waals surface area (Å²) >= 11 is 0. The van der Waals surface area contributed by atoms with Crippen molar-refractivity contribution in [3.05, 3.63) is 35.9 Å². The van der Waals surface area contributed by atoms with E-state index in [-0.39, 0.29) is 6.42 Å². The van der Waals surface area contributed by atoms with Crippen molar-refractivity contribution in [3.63, 3.8) is 0 Å². The SMILES string of the molecule is O=S(=O)(O)C(O)Cc1ccccc1. The Bertz CT molecular complexity index is 357. The van der Waals surface area contributed by atoms with Crippen LogP contribution in [0.1, 0.15) is 5.56 Å². The highest BCUT2D eigenvalue weighted by Crippen LogP contribution is 2.06. The molecule has 0 aliphatic heterocycles. The zero-order valence-electron chi connectivity index (χ0n) is 6.79. The van der Waals surface area contributed by atoms with E-state index in [1.165, 1.54) is 0 Å². The fourth-order valence-corrected chi connectivity index (χ4v) is 1.32. The lowest BCUT2D eigenvalue weighted by Gasteiger charge is -2.06. The Morgan fingerprint density at radius 2 is 1.77 bits per heavy atom. The molecule has 0 heterocycles. The largest absolute Gasteiger partial charge is 0.375 e. The number of rotatable bonds is 3. The molecule has 72 valence electrons. The Kier molecular flexibility index (Phi) is 3.02. The molecule has 0 bridgehead atoms. The van der Waals surface area contributed by atoms with Gasteiger partial charge in [-0.15, -0.1) is 0 Å². The molecule has 5 heteroatoms. The van der Waals surface area contributed by atoms with Gasteiger partial charge in [-0.3, -0.25) is 4.55 Å². The molecule has 0 fully saturated rings. The fourth-order valence-electron chi connectivity index (χ4n) is 0.921. The Balaban J connectivity index is 2.72. The number of aliphatic hydroxyl groups is 1. The van der Waals surface area contributed by atoms with Crippen molar-refractivity contribution in [2.45, 2.75) is 11.9 Å².